The Morgan fingerprint density at radius 3 is 1.47 bits per heavy atom. The van der Waals surface area contributed by atoms with Crippen LogP contribution in [0, 0.1) is 0 Å². The van der Waals surface area contributed by atoms with Crippen LogP contribution < -0.4 is 5.73 Å². The van der Waals surface area contributed by atoms with E-state index in [1.807, 2.05) is 0 Å². The fraction of sp³-hybridized carbons (Fsp3) is 0.364. The minimum absolute atomic E-state index is 0.0922. The van der Waals surface area contributed by atoms with Crippen LogP contribution in [0.25, 0.3) is 0 Å². The van der Waals surface area contributed by atoms with Crippen LogP contribution in [0.3, 0.4) is 0 Å². The van der Waals surface area contributed by atoms with Gasteiger partial charge in [0.2, 0.25) is 5.91 Å². The van der Waals surface area contributed by atoms with E-state index < -0.39 is 36.2 Å². The number of aromatic hydroxyl groups is 2. The molecule has 0 radical (unpaired) electrons. The summed E-state index contributed by atoms with van der Waals surface area (Å²) in [4.78, 5) is 25.2. The van der Waals surface area contributed by atoms with Crippen molar-refractivity contribution in [1.82, 2.24) is 4.90 Å². The van der Waals surface area contributed by atoms with Crippen LogP contribution in [0.15, 0.2) is 48.5 Å². The van der Waals surface area contributed by atoms with Crippen molar-refractivity contribution in [2.24, 2.45) is 5.73 Å². The number of carbonyl (C=O) groups excluding carboxylic acids is 2. The maximum atomic E-state index is 12.9. The van der Waals surface area contributed by atoms with Gasteiger partial charge in [0.1, 0.15) is 23.7 Å². The van der Waals surface area contributed by atoms with E-state index in [4.69, 9.17) is 5.73 Å². The molecule has 0 fully saturated rings. The van der Waals surface area contributed by atoms with E-state index in [0.29, 0.717) is 12.8 Å². The molecule has 0 aliphatic heterocycles. The lowest BCUT2D eigenvalue weighted by atomic mass is 10.0. The summed E-state index contributed by atoms with van der Waals surface area (Å²) in [5.41, 5.74) is 6.50. The first-order valence-electron chi connectivity index (χ1n) is 9.96. The summed E-state index contributed by atoms with van der Waals surface area (Å²) in [6.45, 7) is 0.278. The molecule has 0 saturated heterocycles. The molecule has 2 amide bonds. The predicted octanol–water partition coefficient (Wildman–Crippen LogP) is -1.36. The Morgan fingerprint density at radius 1 is 0.719 bits per heavy atom. The molecule has 174 valence electrons. The molecular weight excluding hydrogens is 420 g/mol. The van der Waals surface area contributed by atoms with Crippen molar-refractivity contribution >= 4 is 11.8 Å². The Kier molecular flexibility index (Phi) is 8.97. The molecular formula is C22H28N2O8. The summed E-state index contributed by atoms with van der Waals surface area (Å²) in [5.74, 6) is -2.04. The minimum Gasteiger partial charge on any atom is -0.508 e. The molecule has 4 atom stereocenters. The van der Waals surface area contributed by atoms with Crippen LogP contribution in [-0.4, -0.2) is 84.9 Å². The third-order valence-corrected chi connectivity index (χ3v) is 5.07. The summed E-state index contributed by atoms with van der Waals surface area (Å²) in [5, 5.41) is 58.6. The number of amides is 2. The highest BCUT2D eigenvalue weighted by molar-refractivity contribution is 5.82. The van der Waals surface area contributed by atoms with Crippen LogP contribution in [0.2, 0.25) is 0 Å². The minimum atomic E-state index is -2.16. The smallest absolute Gasteiger partial charge is 0.254 e. The van der Waals surface area contributed by atoms with Gasteiger partial charge in [-0.1, -0.05) is 24.3 Å². The maximum absolute atomic E-state index is 12.9. The normalized spacial score (nSPS) is 14.9. The molecule has 0 bridgehead atoms. The number of phenols is 2. The third-order valence-electron chi connectivity index (χ3n) is 5.07. The lowest BCUT2D eigenvalue weighted by molar-refractivity contribution is -0.160. The lowest BCUT2D eigenvalue weighted by Gasteiger charge is -2.30. The molecule has 0 aliphatic rings. The number of aliphatic hydroxyl groups is 4. The number of benzene rings is 2. The van der Waals surface area contributed by atoms with Gasteiger partial charge < -0.3 is 41.3 Å². The average Bonchev–Trinajstić information content (AvgIpc) is 2.78. The van der Waals surface area contributed by atoms with E-state index in [2.05, 4.69) is 0 Å². The van der Waals surface area contributed by atoms with Gasteiger partial charge in [-0.15, -0.1) is 0 Å². The molecule has 0 spiro atoms. The van der Waals surface area contributed by atoms with Crippen molar-refractivity contribution in [1.29, 1.82) is 0 Å². The summed E-state index contributed by atoms with van der Waals surface area (Å²) in [7, 11) is 0. The highest BCUT2D eigenvalue weighted by Crippen LogP contribution is 2.14. The summed E-state index contributed by atoms with van der Waals surface area (Å²) < 4.78 is 0. The zero-order valence-corrected chi connectivity index (χ0v) is 17.3. The number of nitrogens with two attached hydrogens (primary N) is 1. The van der Waals surface area contributed by atoms with Crippen molar-refractivity contribution in [3.8, 4) is 11.5 Å². The molecule has 32 heavy (non-hydrogen) atoms. The van der Waals surface area contributed by atoms with E-state index in [-0.39, 0.29) is 24.6 Å². The van der Waals surface area contributed by atoms with Gasteiger partial charge in [0.15, 0.2) is 12.2 Å². The Morgan fingerprint density at radius 2 is 1.09 bits per heavy atom. The van der Waals surface area contributed by atoms with E-state index in [1.165, 1.54) is 29.2 Å². The first kappa shape index (κ1) is 25.1. The quantitative estimate of drug-likeness (QED) is 0.220. The van der Waals surface area contributed by atoms with Crippen molar-refractivity contribution in [2.45, 2.75) is 37.3 Å². The second-order valence-corrected chi connectivity index (χ2v) is 7.43. The number of hydrogen-bond acceptors (Lipinski definition) is 8. The summed E-state index contributed by atoms with van der Waals surface area (Å²) >= 11 is 0. The zero-order chi connectivity index (χ0) is 23.8. The highest BCUT2D eigenvalue weighted by Gasteiger charge is 2.38. The molecule has 0 aliphatic carbocycles. The monoisotopic (exact) mass is 448 g/mol. The number of hydrogen-bond donors (Lipinski definition) is 7. The highest BCUT2D eigenvalue weighted by atomic mass is 16.4. The second kappa shape index (κ2) is 11.4. The van der Waals surface area contributed by atoms with Gasteiger partial charge in [0, 0.05) is 13.1 Å². The number of primary amides is 1. The molecule has 10 heteroatoms. The van der Waals surface area contributed by atoms with Crippen molar-refractivity contribution in [3.63, 3.8) is 0 Å². The Bertz CT molecular complexity index is 838. The largest absolute Gasteiger partial charge is 0.508 e. The van der Waals surface area contributed by atoms with Gasteiger partial charge >= 0.3 is 0 Å². The number of nitrogens with zero attached hydrogens (tertiary/aromatic N) is 1. The number of phenolic OH excluding ortho intramolecular Hbond substituents is 2. The van der Waals surface area contributed by atoms with Crippen LogP contribution in [-0.2, 0) is 22.4 Å². The first-order valence-corrected chi connectivity index (χ1v) is 9.96. The molecule has 0 heterocycles. The van der Waals surface area contributed by atoms with Gasteiger partial charge in [0.05, 0.1) is 0 Å². The molecule has 2 rings (SSSR count). The Hall–Kier alpha value is -3.18. The molecule has 0 unspecified atom stereocenters. The summed E-state index contributed by atoms with van der Waals surface area (Å²) in [6.07, 6.45) is -7.82. The van der Waals surface area contributed by atoms with Crippen molar-refractivity contribution in [3.05, 3.63) is 59.7 Å². The molecule has 2 aromatic carbocycles. The van der Waals surface area contributed by atoms with Crippen molar-refractivity contribution in [2.75, 3.05) is 13.1 Å². The maximum Gasteiger partial charge on any atom is 0.254 e. The van der Waals surface area contributed by atoms with Crippen LogP contribution in [0.5, 0.6) is 11.5 Å². The van der Waals surface area contributed by atoms with Gasteiger partial charge in [-0.05, 0) is 48.2 Å². The number of carbonyl (C=O) groups is 2. The molecule has 0 saturated carbocycles. The number of aliphatic hydroxyl groups excluding tert-OH is 4. The average molecular weight is 448 g/mol. The zero-order valence-electron chi connectivity index (χ0n) is 17.3. The van der Waals surface area contributed by atoms with E-state index in [1.54, 1.807) is 24.3 Å². The standard InChI is InChI=1S/C22H28N2O8/c23-21(31)19(29)17(27)18(28)20(30)22(32)24(11-9-13-1-5-15(25)6-2-13)12-10-14-3-7-16(26)8-4-14/h1-8,17-20,25-30H,9-12H2,(H2,23,31)/t17-,18-,19-,20+/m0/s1. The fourth-order valence-corrected chi connectivity index (χ4v) is 3.06. The van der Waals surface area contributed by atoms with Crippen LogP contribution >= 0.6 is 0 Å². The van der Waals surface area contributed by atoms with Gasteiger partial charge in [-0.25, -0.2) is 0 Å². The first-order chi connectivity index (χ1) is 15.1. The third kappa shape index (κ3) is 6.92. The topological polar surface area (TPSA) is 185 Å². The Labute approximate surface area is 184 Å². The van der Waals surface area contributed by atoms with E-state index in [9.17, 15) is 40.2 Å². The van der Waals surface area contributed by atoms with Crippen LogP contribution in [0.4, 0.5) is 0 Å². The molecule has 10 nitrogen and oxygen atoms in total. The molecule has 0 aromatic heterocycles. The molecule has 2 aromatic rings. The molecule has 8 N–H and O–H groups in total. The van der Waals surface area contributed by atoms with Crippen molar-refractivity contribution < 1.29 is 40.2 Å². The van der Waals surface area contributed by atoms with Gasteiger partial charge in [-0.3, -0.25) is 9.59 Å². The fourth-order valence-electron chi connectivity index (χ4n) is 3.06. The SMILES string of the molecule is NC(=O)[C@@H](O)[C@@H](O)[C@H](O)[C@@H](O)C(=O)N(CCc1ccc(O)cc1)CCc1ccc(O)cc1. The predicted molar refractivity (Wildman–Crippen MR) is 113 cm³/mol. The van der Waals surface area contributed by atoms with Gasteiger partial charge in [0.25, 0.3) is 5.91 Å². The van der Waals surface area contributed by atoms with Gasteiger partial charge in [-0.2, -0.15) is 0 Å². The second-order valence-electron chi connectivity index (χ2n) is 7.43. The lowest BCUT2D eigenvalue weighted by Crippen LogP contribution is -2.54. The van der Waals surface area contributed by atoms with Crippen LogP contribution in [0.1, 0.15) is 11.1 Å². The summed E-state index contributed by atoms with van der Waals surface area (Å²) in [6, 6.07) is 12.7. The Balaban J connectivity index is 2.12. The number of rotatable bonds is 11. The van der Waals surface area contributed by atoms with E-state index >= 15 is 0 Å². The van der Waals surface area contributed by atoms with E-state index in [0.717, 1.165) is 11.1 Å².